The number of guanidine groups is 1. The van der Waals surface area contributed by atoms with Gasteiger partial charge in [-0.15, -0.1) is 0 Å². The highest BCUT2D eigenvalue weighted by Gasteiger charge is 2.12. The second kappa shape index (κ2) is 9.59. The molecule has 1 aliphatic heterocycles. The maximum atomic E-state index is 4.34. The van der Waals surface area contributed by atoms with Crippen LogP contribution in [0.15, 0.2) is 46.1 Å². The summed E-state index contributed by atoms with van der Waals surface area (Å²) in [4.78, 5) is 6.91. The summed E-state index contributed by atoms with van der Waals surface area (Å²) < 4.78 is 0. The summed E-state index contributed by atoms with van der Waals surface area (Å²) in [6, 6.07) is 10.9. The van der Waals surface area contributed by atoms with Crippen molar-refractivity contribution < 1.29 is 0 Å². The van der Waals surface area contributed by atoms with Crippen LogP contribution in [0, 0.1) is 0 Å². The number of nitrogens with zero attached hydrogens (tertiary/aromatic N) is 2. The molecule has 1 aromatic carbocycles. The van der Waals surface area contributed by atoms with E-state index in [0.717, 1.165) is 25.6 Å². The molecule has 0 amide bonds. The van der Waals surface area contributed by atoms with Crippen molar-refractivity contribution in [3.63, 3.8) is 0 Å². The van der Waals surface area contributed by atoms with Gasteiger partial charge in [-0.2, -0.15) is 11.3 Å². The average Bonchev–Trinajstić information content (AvgIpc) is 3.17. The van der Waals surface area contributed by atoms with Crippen LogP contribution in [0.4, 0.5) is 0 Å². The highest BCUT2D eigenvalue weighted by atomic mass is 32.1. The van der Waals surface area contributed by atoms with E-state index in [4.69, 9.17) is 0 Å². The third-order valence-corrected chi connectivity index (χ3v) is 5.40. The lowest BCUT2D eigenvalue weighted by atomic mass is 10.0. The minimum Gasteiger partial charge on any atom is -0.352 e. The number of piperidine rings is 1. The van der Waals surface area contributed by atoms with E-state index in [1.54, 1.807) is 11.3 Å². The molecule has 5 heteroatoms. The summed E-state index contributed by atoms with van der Waals surface area (Å²) in [6.45, 7) is 5.11. The average molecular weight is 357 g/mol. The van der Waals surface area contributed by atoms with Crippen LogP contribution in [-0.4, -0.2) is 31.0 Å². The molecule has 0 aliphatic carbocycles. The molecule has 3 rings (SSSR count). The first-order valence-electron chi connectivity index (χ1n) is 9.10. The van der Waals surface area contributed by atoms with Crippen molar-refractivity contribution in [3.8, 4) is 0 Å². The molecular weight excluding hydrogens is 328 g/mol. The Balaban J connectivity index is 1.54. The van der Waals surface area contributed by atoms with Gasteiger partial charge in [0.25, 0.3) is 0 Å². The van der Waals surface area contributed by atoms with Crippen LogP contribution in [-0.2, 0) is 19.6 Å². The summed E-state index contributed by atoms with van der Waals surface area (Å²) in [7, 11) is 1.82. The molecule has 4 nitrogen and oxygen atoms in total. The smallest absolute Gasteiger partial charge is 0.191 e. The van der Waals surface area contributed by atoms with Gasteiger partial charge in [0.1, 0.15) is 0 Å². The predicted octanol–water partition coefficient (Wildman–Crippen LogP) is 3.60. The number of likely N-dealkylation sites (tertiary alicyclic amines) is 1. The van der Waals surface area contributed by atoms with E-state index in [2.05, 4.69) is 61.6 Å². The standard InChI is InChI=1S/C20H28N4S/c1-21-20(22-13-17-9-12-25-16-17)23-14-18-7-3-4-8-19(18)15-24-10-5-2-6-11-24/h3-4,7-9,12,16H,2,5-6,10-11,13-15H2,1H3,(H2,21,22,23). The van der Waals surface area contributed by atoms with Crippen LogP contribution in [0.2, 0.25) is 0 Å². The molecule has 25 heavy (non-hydrogen) atoms. The van der Waals surface area contributed by atoms with Crippen molar-refractivity contribution in [2.45, 2.75) is 38.9 Å². The highest BCUT2D eigenvalue weighted by Crippen LogP contribution is 2.16. The van der Waals surface area contributed by atoms with Crippen LogP contribution in [0.25, 0.3) is 0 Å². The quantitative estimate of drug-likeness (QED) is 0.614. The van der Waals surface area contributed by atoms with E-state index in [0.29, 0.717) is 0 Å². The SMILES string of the molecule is CN=C(NCc1ccsc1)NCc1ccccc1CN1CCCCC1. The second-order valence-electron chi connectivity index (χ2n) is 6.52. The fourth-order valence-electron chi connectivity index (χ4n) is 3.22. The van der Waals surface area contributed by atoms with Crippen LogP contribution >= 0.6 is 11.3 Å². The maximum absolute atomic E-state index is 4.34. The Morgan fingerprint density at radius 3 is 2.52 bits per heavy atom. The van der Waals surface area contributed by atoms with Gasteiger partial charge in [0, 0.05) is 26.7 Å². The minimum atomic E-state index is 0.799. The summed E-state index contributed by atoms with van der Waals surface area (Å²) in [5.74, 6) is 0.846. The van der Waals surface area contributed by atoms with Gasteiger partial charge < -0.3 is 10.6 Å². The lowest BCUT2D eigenvalue weighted by Crippen LogP contribution is -2.36. The van der Waals surface area contributed by atoms with Crippen LogP contribution in [0.1, 0.15) is 36.0 Å². The van der Waals surface area contributed by atoms with Crippen molar-refractivity contribution in [1.29, 1.82) is 0 Å². The number of nitrogens with one attached hydrogen (secondary N) is 2. The molecule has 134 valence electrons. The van der Waals surface area contributed by atoms with Gasteiger partial charge in [-0.05, 0) is 59.4 Å². The van der Waals surface area contributed by atoms with Crippen LogP contribution in [0.5, 0.6) is 0 Å². The Kier molecular flexibility index (Phi) is 6.89. The molecule has 1 aliphatic rings. The molecule has 1 saturated heterocycles. The molecule has 0 unspecified atom stereocenters. The molecule has 2 N–H and O–H groups in total. The molecule has 0 atom stereocenters. The minimum absolute atomic E-state index is 0.799. The zero-order valence-corrected chi connectivity index (χ0v) is 15.8. The highest BCUT2D eigenvalue weighted by molar-refractivity contribution is 7.07. The Bertz CT molecular complexity index is 660. The molecule has 1 fully saturated rings. The number of benzene rings is 1. The monoisotopic (exact) mass is 356 g/mol. The third-order valence-electron chi connectivity index (χ3n) is 4.67. The zero-order chi connectivity index (χ0) is 17.3. The molecular formula is C20H28N4S. The summed E-state index contributed by atoms with van der Waals surface area (Å²) in [6.07, 6.45) is 4.05. The van der Waals surface area contributed by atoms with E-state index < -0.39 is 0 Å². The van der Waals surface area contributed by atoms with Crippen molar-refractivity contribution >= 4 is 17.3 Å². The van der Waals surface area contributed by atoms with Gasteiger partial charge in [-0.1, -0.05) is 30.7 Å². The number of thiophene rings is 1. The number of hydrogen-bond acceptors (Lipinski definition) is 3. The lowest BCUT2D eigenvalue weighted by Gasteiger charge is -2.27. The van der Waals surface area contributed by atoms with Crippen LogP contribution in [0.3, 0.4) is 0 Å². The van der Waals surface area contributed by atoms with Gasteiger partial charge in [-0.25, -0.2) is 0 Å². The molecule has 0 radical (unpaired) electrons. The Morgan fingerprint density at radius 2 is 1.80 bits per heavy atom. The molecule has 0 spiro atoms. The number of hydrogen-bond donors (Lipinski definition) is 2. The second-order valence-corrected chi connectivity index (χ2v) is 7.30. The molecule has 2 aromatic rings. The summed E-state index contributed by atoms with van der Waals surface area (Å²) in [5, 5.41) is 11.1. The molecule has 0 bridgehead atoms. The zero-order valence-electron chi connectivity index (χ0n) is 15.0. The summed E-state index contributed by atoms with van der Waals surface area (Å²) >= 11 is 1.72. The van der Waals surface area contributed by atoms with Gasteiger partial charge in [-0.3, -0.25) is 9.89 Å². The topological polar surface area (TPSA) is 39.7 Å². The normalized spacial score (nSPS) is 16.0. The summed E-state index contributed by atoms with van der Waals surface area (Å²) in [5.41, 5.74) is 4.06. The van der Waals surface area contributed by atoms with E-state index in [-0.39, 0.29) is 0 Å². The van der Waals surface area contributed by atoms with Gasteiger partial charge in [0.05, 0.1) is 0 Å². The first-order valence-corrected chi connectivity index (χ1v) is 10.0. The Labute approximate surface area is 155 Å². The van der Waals surface area contributed by atoms with Crippen molar-refractivity contribution in [2.24, 2.45) is 4.99 Å². The van der Waals surface area contributed by atoms with Gasteiger partial charge >= 0.3 is 0 Å². The molecule has 0 saturated carbocycles. The first-order chi connectivity index (χ1) is 12.3. The number of aliphatic imine (C=N–C) groups is 1. The van der Waals surface area contributed by atoms with Crippen molar-refractivity contribution in [2.75, 3.05) is 20.1 Å². The Morgan fingerprint density at radius 1 is 1.04 bits per heavy atom. The largest absolute Gasteiger partial charge is 0.352 e. The van der Waals surface area contributed by atoms with Crippen molar-refractivity contribution in [3.05, 3.63) is 57.8 Å². The van der Waals surface area contributed by atoms with Crippen LogP contribution < -0.4 is 10.6 Å². The lowest BCUT2D eigenvalue weighted by molar-refractivity contribution is 0.220. The van der Waals surface area contributed by atoms with Crippen molar-refractivity contribution in [1.82, 2.24) is 15.5 Å². The maximum Gasteiger partial charge on any atom is 0.191 e. The first kappa shape index (κ1) is 18.0. The number of rotatable bonds is 6. The van der Waals surface area contributed by atoms with Gasteiger partial charge in [0.2, 0.25) is 0 Å². The Hall–Kier alpha value is -1.85. The third kappa shape index (κ3) is 5.58. The van der Waals surface area contributed by atoms with E-state index in [9.17, 15) is 0 Å². The van der Waals surface area contributed by atoms with Gasteiger partial charge in [0.15, 0.2) is 5.96 Å². The van der Waals surface area contributed by atoms with E-state index in [1.165, 1.54) is 49.0 Å². The van der Waals surface area contributed by atoms with E-state index >= 15 is 0 Å². The fraction of sp³-hybridized carbons (Fsp3) is 0.450. The molecule has 2 heterocycles. The predicted molar refractivity (Wildman–Crippen MR) is 107 cm³/mol. The fourth-order valence-corrected chi connectivity index (χ4v) is 3.89. The molecule has 1 aromatic heterocycles. The van der Waals surface area contributed by atoms with E-state index in [1.807, 2.05) is 7.05 Å².